The molecule has 118 valence electrons. The van der Waals surface area contributed by atoms with Gasteiger partial charge in [0.25, 0.3) is 0 Å². The molecule has 0 bridgehead atoms. The lowest BCUT2D eigenvalue weighted by Gasteiger charge is -2.39. The lowest BCUT2D eigenvalue weighted by molar-refractivity contribution is -0.150. The van der Waals surface area contributed by atoms with E-state index >= 15 is 0 Å². The van der Waals surface area contributed by atoms with Gasteiger partial charge in [-0.25, -0.2) is 8.42 Å². The fraction of sp³-hybridized carbons (Fsp3) is 0.933. The fourth-order valence-electron chi connectivity index (χ4n) is 2.86. The summed E-state index contributed by atoms with van der Waals surface area (Å²) >= 11 is 0. The van der Waals surface area contributed by atoms with Crippen molar-refractivity contribution in [1.29, 1.82) is 0 Å². The minimum atomic E-state index is -3.42. The van der Waals surface area contributed by atoms with Gasteiger partial charge in [0.2, 0.25) is 0 Å². The van der Waals surface area contributed by atoms with Gasteiger partial charge in [-0.2, -0.15) is 0 Å². The maximum Gasteiger partial charge on any atom is 0.310 e. The molecule has 4 nitrogen and oxygen atoms in total. The van der Waals surface area contributed by atoms with Gasteiger partial charge in [0, 0.05) is 0 Å². The number of hydrogen-bond donors (Lipinski definition) is 1. The first kappa shape index (κ1) is 17.5. The first-order valence-electron chi connectivity index (χ1n) is 7.37. The van der Waals surface area contributed by atoms with E-state index in [0.29, 0.717) is 24.7 Å². The van der Waals surface area contributed by atoms with Crippen molar-refractivity contribution >= 4 is 15.8 Å². The second kappa shape index (κ2) is 5.66. The Morgan fingerprint density at radius 1 is 1.25 bits per heavy atom. The maximum atomic E-state index is 12.4. The summed E-state index contributed by atoms with van der Waals surface area (Å²) < 4.78 is 23.9. The van der Waals surface area contributed by atoms with Crippen LogP contribution in [0.5, 0.6) is 0 Å². The van der Waals surface area contributed by atoms with Gasteiger partial charge in [-0.15, -0.1) is 0 Å². The largest absolute Gasteiger partial charge is 0.481 e. The van der Waals surface area contributed by atoms with Crippen LogP contribution in [-0.2, 0) is 14.6 Å². The SMILES string of the molecule is CC(C)C1CCC(CS(=O)(=O)C(C)(C)C)(C(=O)O)CC1. The second-order valence-electron chi connectivity index (χ2n) is 7.54. The molecular formula is C15H28O4S. The number of sulfone groups is 1. The van der Waals surface area contributed by atoms with Gasteiger partial charge in [-0.05, 0) is 58.3 Å². The summed E-state index contributed by atoms with van der Waals surface area (Å²) in [5, 5.41) is 9.58. The van der Waals surface area contributed by atoms with Crippen molar-refractivity contribution in [2.24, 2.45) is 17.3 Å². The zero-order valence-electron chi connectivity index (χ0n) is 13.3. The molecule has 0 radical (unpaired) electrons. The molecule has 1 aliphatic carbocycles. The van der Waals surface area contributed by atoms with Crippen LogP contribution in [0.15, 0.2) is 0 Å². The Balaban J connectivity index is 2.95. The third kappa shape index (κ3) is 3.54. The van der Waals surface area contributed by atoms with E-state index in [0.717, 1.165) is 12.8 Å². The van der Waals surface area contributed by atoms with Crippen molar-refractivity contribution in [3.63, 3.8) is 0 Å². The number of carbonyl (C=O) groups is 1. The summed E-state index contributed by atoms with van der Waals surface area (Å²) in [5.41, 5.74) is -1.09. The summed E-state index contributed by atoms with van der Waals surface area (Å²) in [7, 11) is -3.42. The van der Waals surface area contributed by atoms with Crippen LogP contribution in [0.25, 0.3) is 0 Å². The number of carboxylic acids is 1. The molecule has 0 aromatic carbocycles. The average molecular weight is 304 g/mol. The van der Waals surface area contributed by atoms with Gasteiger partial charge in [0.15, 0.2) is 9.84 Å². The summed E-state index contributed by atoms with van der Waals surface area (Å²) in [6, 6.07) is 0. The minimum absolute atomic E-state index is 0.232. The molecule has 1 saturated carbocycles. The number of hydrogen-bond acceptors (Lipinski definition) is 3. The van der Waals surface area contributed by atoms with E-state index in [-0.39, 0.29) is 5.75 Å². The van der Waals surface area contributed by atoms with Crippen molar-refractivity contribution in [2.75, 3.05) is 5.75 Å². The Hall–Kier alpha value is -0.580. The van der Waals surface area contributed by atoms with Crippen LogP contribution in [0.3, 0.4) is 0 Å². The molecule has 1 fully saturated rings. The van der Waals surface area contributed by atoms with Crippen LogP contribution in [-0.4, -0.2) is 30.0 Å². The fourth-order valence-corrected chi connectivity index (χ4v) is 4.43. The Kier molecular flexibility index (Phi) is 4.95. The molecular weight excluding hydrogens is 276 g/mol. The second-order valence-corrected chi connectivity index (χ2v) is 10.3. The number of carboxylic acid groups (broad SMARTS) is 1. The maximum absolute atomic E-state index is 12.4. The van der Waals surface area contributed by atoms with E-state index in [1.165, 1.54) is 0 Å². The monoisotopic (exact) mass is 304 g/mol. The predicted octanol–water partition coefficient (Wildman–Crippen LogP) is 3.12. The molecule has 1 rings (SSSR count). The molecule has 0 aromatic heterocycles. The summed E-state index contributed by atoms with van der Waals surface area (Å²) in [5.74, 6) is -0.141. The molecule has 0 heterocycles. The topological polar surface area (TPSA) is 71.4 Å². The third-order valence-electron chi connectivity index (χ3n) is 4.78. The first-order chi connectivity index (χ1) is 8.91. The summed E-state index contributed by atoms with van der Waals surface area (Å²) in [6.45, 7) is 9.20. The van der Waals surface area contributed by atoms with E-state index in [9.17, 15) is 18.3 Å². The Morgan fingerprint density at radius 3 is 2.00 bits per heavy atom. The van der Waals surface area contributed by atoms with Crippen LogP contribution in [0.2, 0.25) is 0 Å². The highest BCUT2D eigenvalue weighted by molar-refractivity contribution is 7.92. The lowest BCUT2D eigenvalue weighted by Crippen LogP contribution is -2.45. The number of rotatable bonds is 4. The van der Waals surface area contributed by atoms with Gasteiger partial charge in [-0.1, -0.05) is 13.8 Å². The van der Waals surface area contributed by atoms with Crippen molar-refractivity contribution in [3.8, 4) is 0 Å². The molecule has 0 aromatic rings. The molecule has 0 atom stereocenters. The summed E-state index contributed by atoms with van der Waals surface area (Å²) in [4.78, 5) is 11.7. The molecule has 0 unspecified atom stereocenters. The van der Waals surface area contributed by atoms with Crippen LogP contribution in [0.4, 0.5) is 0 Å². The van der Waals surface area contributed by atoms with E-state index in [4.69, 9.17) is 0 Å². The van der Waals surface area contributed by atoms with E-state index in [2.05, 4.69) is 13.8 Å². The third-order valence-corrected chi connectivity index (χ3v) is 7.58. The van der Waals surface area contributed by atoms with Crippen LogP contribution in [0.1, 0.15) is 60.3 Å². The predicted molar refractivity (Wildman–Crippen MR) is 80.4 cm³/mol. The smallest absolute Gasteiger partial charge is 0.310 e. The average Bonchev–Trinajstić information content (AvgIpc) is 2.27. The lowest BCUT2D eigenvalue weighted by atomic mass is 9.69. The van der Waals surface area contributed by atoms with Gasteiger partial charge in [0.05, 0.1) is 15.9 Å². The van der Waals surface area contributed by atoms with Crippen LogP contribution < -0.4 is 0 Å². The molecule has 1 aliphatic rings. The normalized spacial score (nSPS) is 28.6. The molecule has 0 spiro atoms. The van der Waals surface area contributed by atoms with E-state index in [1.807, 2.05) is 0 Å². The van der Waals surface area contributed by atoms with Crippen molar-refractivity contribution in [1.82, 2.24) is 0 Å². The zero-order chi connectivity index (χ0) is 15.8. The molecule has 0 aliphatic heterocycles. The Bertz CT molecular complexity index is 449. The van der Waals surface area contributed by atoms with E-state index < -0.39 is 26.0 Å². The van der Waals surface area contributed by atoms with Crippen LogP contribution >= 0.6 is 0 Å². The quantitative estimate of drug-likeness (QED) is 0.866. The summed E-state index contributed by atoms with van der Waals surface area (Å²) in [6.07, 6.45) is 2.56. The highest BCUT2D eigenvalue weighted by Gasteiger charge is 2.47. The molecule has 20 heavy (non-hydrogen) atoms. The standard InChI is InChI=1S/C15H28O4S/c1-11(2)12-6-8-15(9-7-12,13(16)17)10-20(18,19)14(3,4)5/h11-12H,6-10H2,1-5H3,(H,16,17). The minimum Gasteiger partial charge on any atom is -0.481 e. The molecule has 5 heteroatoms. The van der Waals surface area contributed by atoms with Crippen LogP contribution in [0, 0.1) is 17.3 Å². The Morgan fingerprint density at radius 2 is 1.70 bits per heavy atom. The number of aliphatic carboxylic acids is 1. The Labute approximate surface area is 122 Å². The van der Waals surface area contributed by atoms with Crippen molar-refractivity contribution in [3.05, 3.63) is 0 Å². The van der Waals surface area contributed by atoms with Gasteiger partial charge >= 0.3 is 5.97 Å². The first-order valence-corrected chi connectivity index (χ1v) is 9.02. The zero-order valence-corrected chi connectivity index (χ0v) is 14.1. The van der Waals surface area contributed by atoms with E-state index in [1.54, 1.807) is 20.8 Å². The highest BCUT2D eigenvalue weighted by atomic mass is 32.2. The molecule has 0 saturated heterocycles. The highest BCUT2D eigenvalue weighted by Crippen LogP contribution is 2.43. The van der Waals surface area contributed by atoms with Crippen molar-refractivity contribution < 1.29 is 18.3 Å². The van der Waals surface area contributed by atoms with Crippen molar-refractivity contribution in [2.45, 2.75) is 65.0 Å². The van der Waals surface area contributed by atoms with Gasteiger partial charge in [-0.3, -0.25) is 4.79 Å². The molecule has 1 N–H and O–H groups in total. The van der Waals surface area contributed by atoms with Gasteiger partial charge < -0.3 is 5.11 Å². The molecule has 0 amide bonds. The van der Waals surface area contributed by atoms with Gasteiger partial charge in [0.1, 0.15) is 0 Å².